The standard InChI is InChI=1S/C28H34N2O5/c1-2-9-25(27(33)29-24-15-8-3-10-18(24)16-26(31)32)30-28(34)35-17-23-21-13-6-4-11-19(21)20-12-5-7-14-22(20)23/h4-7,11-14,18,23-25H,2-3,8-10,15-17H2,1H3,(H,29,33)(H,30,34)(H,31,32)/t18-,24-,25-/m0/s1. The molecule has 3 atom stereocenters. The lowest BCUT2D eigenvalue weighted by Crippen LogP contribution is -2.52. The van der Waals surface area contributed by atoms with Crippen LogP contribution >= 0.6 is 0 Å². The second kappa shape index (κ2) is 11.4. The Balaban J connectivity index is 1.37. The van der Waals surface area contributed by atoms with E-state index in [9.17, 15) is 19.5 Å². The highest BCUT2D eigenvalue weighted by Gasteiger charge is 2.32. The SMILES string of the molecule is CCC[C@H](NC(=O)OCC1c2ccccc2-c2ccccc21)C(=O)N[C@H]1CCCC[C@H]1CC(=O)O. The molecular weight excluding hydrogens is 444 g/mol. The summed E-state index contributed by atoms with van der Waals surface area (Å²) in [5.41, 5.74) is 4.57. The van der Waals surface area contributed by atoms with E-state index in [2.05, 4.69) is 34.9 Å². The number of rotatable bonds is 9. The summed E-state index contributed by atoms with van der Waals surface area (Å²) in [6.07, 6.45) is 4.09. The number of carbonyl (C=O) groups is 3. The van der Waals surface area contributed by atoms with Crippen LogP contribution in [-0.2, 0) is 14.3 Å². The Morgan fingerprint density at radius 2 is 1.63 bits per heavy atom. The van der Waals surface area contributed by atoms with Crippen molar-refractivity contribution < 1.29 is 24.2 Å². The Morgan fingerprint density at radius 1 is 1.00 bits per heavy atom. The predicted molar refractivity (Wildman–Crippen MR) is 133 cm³/mol. The summed E-state index contributed by atoms with van der Waals surface area (Å²) in [5.74, 6) is -1.26. The number of carboxylic acids is 1. The molecule has 1 fully saturated rings. The van der Waals surface area contributed by atoms with E-state index in [1.807, 2.05) is 31.2 Å². The molecule has 0 bridgehead atoms. The first-order valence-electron chi connectivity index (χ1n) is 12.6. The number of alkyl carbamates (subject to hydrolysis) is 1. The van der Waals surface area contributed by atoms with Crippen molar-refractivity contribution in [1.29, 1.82) is 0 Å². The van der Waals surface area contributed by atoms with Crippen molar-refractivity contribution in [3.8, 4) is 11.1 Å². The van der Waals surface area contributed by atoms with Crippen LogP contribution in [0.4, 0.5) is 4.79 Å². The summed E-state index contributed by atoms with van der Waals surface area (Å²) in [5, 5.41) is 15.0. The maximum Gasteiger partial charge on any atom is 0.407 e. The minimum Gasteiger partial charge on any atom is -0.481 e. The molecule has 3 N–H and O–H groups in total. The first-order valence-corrected chi connectivity index (χ1v) is 12.6. The summed E-state index contributed by atoms with van der Waals surface area (Å²) < 4.78 is 5.62. The molecule has 2 aliphatic carbocycles. The van der Waals surface area contributed by atoms with Gasteiger partial charge in [0, 0.05) is 12.0 Å². The Bertz CT molecular complexity index is 1020. The number of hydrogen-bond donors (Lipinski definition) is 3. The van der Waals surface area contributed by atoms with Gasteiger partial charge < -0.3 is 20.5 Å². The zero-order valence-corrected chi connectivity index (χ0v) is 20.2. The average molecular weight is 479 g/mol. The molecule has 1 saturated carbocycles. The van der Waals surface area contributed by atoms with Crippen LogP contribution < -0.4 is 10.6 Å². The van der Waals surface area contributed by atoms with Crippen LogP contribution in [0.2, 0.25) is 0 Å². The van der Waals surface area contributed by atoms with Gasteiger partial charge in [0.15, 0.2) is 0 Å². The highest BCUT2D eigenvalue weighted by atomic mass is 16.5. The third-order valence-electron chi connectivity index (χ3n) is 7.20. The summed E-state index contributed by atoms with van der Waals surface area (Å²) in [7, 11) is 0. The number of benzene rings is 2. The van der Waals surface area contributed by atoms with Gasteiger partial charge in [0.2, 0.25) is 5.91 Å². The van der Waals surface area contributed by atoms with E-state index >= 15 is 0 Å². The second-order valence-electron chi connectivity index (χ2n) is 9.57. The lowest BCUT2D eigenvalue weighted by Gasteiger charge is -2.32. The summed E-state index contributed by atoms with van der Waals surface area (Å²) in [6, 6.07) is 15.4. The van der Waals surface area contributed by atoms with E-state index in [0.29, 0.717) is 12.8 Å². The minimum absolute atomic E-state index is 0.0448. The molecule has 2 aliphatic rings. The number of fused-ring (bicyclic) bond motifs is 3. The third-order valence-corrected chi connectivity index (χ3v) is 7.20. The largest absolute Gasteiger partial charge is 0.481 e. The quantitative estimate of drug-likeness (QED) is 0.478. The van der Waals surface area contributed by atoms with Crippen LogP contribution in [0.1, 0.15) is 68.9 Å². The van der Waals surface area contributed by atoms with E-state index in [1.165, 1.54) is 0 Å². The van der Waals surface area contributed by atoms with Crippen molar-refractivity contribution in [2.24, 2.45) is 5.92 Å². The van der Waals surface area contributed by atoms with E-state index in [4.69, 9.17) is 4.74 Å². The molecule has 7 nitrogen and oxygen atoms in total. The van der Waals surface area contributed by atoms with Gasteiger partial charge in [-0.1, -0.05) is 74.7 Å². The molecule has 186 valence electrons. The first kappa shape index (κ1) is 24.8. The minimum atomic E-state index is -0.849. The highest BCUT2D eigenvalue weighted by molar-refractivity contribution is 5.86. The number of ether oxygens (including phenoxy) is 1. The smallest absolute Gasteiger partial charge is 0.407 e. The molecule has 0 spiro atoms. The monoisotopic (exact) mass is 478 g/mol. The molecular formula is C28H34N2O5. The van der Waals surface area contributed by atoms with Gasteiger partial charge in [0.05, 0.1) is 6.42 Å². The number of carboxylic acid groups (broad SMARTS) is 1. The summed E-state index contributed by atoms with van der Waals surface area (Å²) >= 11 is 0. The molecule has 0 aromatic heterocycles. The van der Waals surface area contributed by atoms with Gasteiger partial charge in [-0.2, -0.15) is 0 Å². The van der Waals surface area contributed by atoms with Crippen molar-refractivity contribution in [3.63, 3.8) is 0 Å². The summed E-state index contributed by atoms with van der Waals surface area (Å²) in [6.45, 7) is 2.14. The summed E-state index contributed by atoms with van der Waals surface area (Å²) in [4.78, 5) is 37.0. The number of aliphatic carboxylic acids is 1. The van der Waals surface area contributed by atoms with E-state index in [-0.39, 0.29) is 36.8 Å². The van der Waals surface area contributed by atoms with Gasteiger partial charge in [-0.25, -0.2) is 4.79 Å². The van der Waals surface area contributed by atoms with Crippen LogP contribution in [0.3, 0.4) is 0 Å². The van der Waals surface area contributed by atoms with Gasteiger partial charge in [0.25, 0.3) is 0 Å². The topological polar surface area (TPSA) is 105 Å². The molecule has 2 amide bonds. The lowest BCUT2D eigenvalue weighted by molar-refractivity contribution is -0.139. The average Bonchev–Trinajstić information content (AvgIpc) is 3.17. The number of hydrogen-bond acceptors (Lipinski definition) is 4. The van der Waals surface area contributed by atoms with Crippen molar-refractivity contribution >= 4 is 18.0 Å². The van der Waals surface area contributed by atoms with Crippen LogP contribution in [0.15, 0.2) is 48.5 Å². The zero-order valence-electron chi connectivity index (χ0n) is 20.2. The van der Waals surface area contributed by atoms with Crippen molar-refractivity contribution in [2.75, 3.05) is 6.61 Å². The van der Waals surface area contributed by atoms with Gasteiger partial charge in [-0.05, 0) is 47.4 Å². The fourth-order valence-electron chi connectivity index (χ4n) is 5.49. The normalized spacial score (nSPS) is 19.8. The van der Waals surface area contributed by atoms with Gasteiger partial charge >= 0.3 is 12.1 Å². The molecule has 7 heteroatoms. The van der Waals surface area contributed by atoms with Crippen LogP contribution in [0, 0.1) is 5.92 Å². The lowest BCUT2D eigenvalue weighted by atomic mass is 9.82. The molecule has 0 aliphatic heterocycles. The Hall–Kier alpha value is -3.35. The predicted octanol–water partition coefficient (Wildman–Crippen LogP) is 4.84. The van der Waals surface area contributed by atoms with Gasteiger partial charge in [-0.15, -0.1) is 0 Å². The fourth-order valence-corrected chi connectivity index (χ4v) is 5.49. The van der Waals surface area contributed by atoms with Crippen molar-refractivity contribution in [1.82, 2.24) is 10.6 Å². The van der Waals surface area contributed by atoms with Crippen molar-refractivity contribution in [2.45, 2.75) is 69.9 Å². The number of carbonyl (C=O) groups excluding carboxylic acids is 2. The molecule has 2 aromatic carbocycles. The zero-order chi connectivity index (χ0) is 24.8. The Kier molecular flexibility index (Phi) is 8.06. The Labute approximate surface area is 206 Å². The molecule has 0 saturated heterocycles. The van der Waals surface area contributed by atoms with E-state index in [0.717, 1.165) is 47.9 Å². The third kappa shape index (κ3) is 5.84. The number of nitrogens with one attached hydrogen (secondary N) is 2. The van der Waals surface area contributed by atoms with E-state index in [1.54, 1.807) is 0 Å². The molecule has 0 unspecified atom stereocenters. The first-order chi connectivity index (χ1) is 17.0. The van der Waals surface area contributed by atoms with E-state index < -0.39 is 18.1 Å². The highest BCUT2D eigenvalue weighted by Crippen LogP contribution is 2.44. The second-order valence-corrected chi connectivity index (χ2v) is 9.57. The molecule has 0 radical (unpaired) electrons. The maximum absolute atomic E-state index is 13.0. The van der Waals surface area contributed by atoms with Crippen LogP contribution in [-0.4, -0.2) is 41.8 Å². The number of amides is 2. The van der Waals surface area contributed by atoms with Crippen LogP contribution in [0.25, 0.3) is 11.1 Å². The maximum atomic E-state index is 13.0. The van der Waals surface area contributed by atoms with Gasteiger partial charge in [0.1, 0.15) is 12.6 Å². The molecule has 35 heavy (non-hydrogen) atoms. The van der Waals surface area contributed by atoms with Crippen LogP contribution in [0.5, 0.6) is 0 Å². The van der Waals surface area contributed by atoms with Gasteiger partial charge in [-0.3, -0.25) is 9.59 Å². The Morgan fingerprint density at radius 3 is 2.26 bits per heavy atom. The molecule has 4 rings (SSSR count). The molecule has 2 aromatic rings. The van der Waals surface area contributed by atoms with Crippen molar-refractivity contribution in [3.05, 3.63) is 59.7 Å². The molecule has 0 heterocycles. The fraction of sp³-hybridized carbons (Fsp3) is 0.464.